The summed E-state index contributed by atoms with van der Waals surface area (Å²) in [6, 6.07) is 9.62. The van der Waals surface area contributed by atoms with Crippen LogP contribution in [0.5, 0.6) is 0 Å². The van der Waals surface area contributed by atoms with E-state index in [1.807, 2.05) is 28.8 Å². The topological polar surface area (TPSA) is 100 Å². The maximum absolute atomic E-state index is 14.5. The van der Waals surface area contributed by atoms with E-state index in [4.69, 9.17) is 9.82 Å². The zero-order valence-corrected chi connectivity index (χ0v) is 27.6. The smallest absolute Gasteiger partial charge is 0.303 e. The first kappa shape index (κ1) is 32.2. The number of piperidine rings is 2. The summed E-state index contributed by atoms with van der Waals surface area (Å²) in [6.45, 7) is 9.55. The number of para-hydroxylation sites is 2. The lowest BCUT2D eigenvalue weighted by Crippen LogP contribution is -2.59. The van der Waals surface area contributed by atoms with Gasteiger partial charge < -0.3 is 19.4 Å². The Morgan fingerprint density at radius 1 is 0.956 bits per heavy atom. The minimum atomic E-state index is -0.937. The van der Waals surface area contributed by atoms with Gasteiger partial charge in [0.05, 0.1) is 17.5 Å². The summed E-state index contributed by atoms with van der Waals surface area (Å²) in [7, 11) is 0. The van der Waals surface area contributed by atoms with Gasteiger partial charge in [-0.05, 0) is 101 Å². The highest BCUT2D eigenvalue weighted by molar-refractivity contribution is 6.00. The summed E-state index contributed by atoms with van der Waals surface area (Å²) in [4.78, 5) is 41.7. The van der Waals surface area contributed by atoms with Crippen LogP contribution in [-0.2, 0) is 9.63 Å². The number of oxime groups is 1. The molecule has 6 rings (SSSR count). The monoisotopic (exact) mass is 619 g/mol. The number of hydrogen-bond acceptors (Lipinski definition) is 7. The quantitative estimate of drug-likeness (QED) is 0.174. The van der Waals surface area contributed by atoms with Crippen LogP contribution in [0.15, 0.2) is 34.2 Å². The van der Waals surface area contributed by atoms with Crippen LogP contribution < -0.4 is 5.56 Å². The number of carbonyl (C=O) groups is 1. The SMILES string of the molecule is CCN(CC)CCON=C(CCC(=O)O)c1nc2ccccc2n(C2C[C@H]3CCC[C@@H](C2)N3C2C[C@H]3CC(C)C[C@@H](C2)C3)c1=O. The van der Waals surface area contributed by atoms with Gasteiger partial charge in [-0.1, -0.05) is 44.5 Å². The van der Waals surface area contributed by atoms with Crippen LogP contribution in [0.25, 0.3) is 11.0 Å². The molecule has 1 aromatic carbocycles. The number of carboxylic acid groups (broad SMARTS) is 1. The van der Waals surface area contributed by atoms with Crippen LogP contribution in [0, 0.1) is 17.8 Å². The molecule has 4 fully saturated rings. The second-order valence-corrected chi connectivity index (χ2v) is 14.4. The molecule has 1 aromatic heterocycles. The second kappa shape index (κ2) is 14.3. The maximum Gasteiger partial charge on any atom is 0.303 e. The van der Waals surface area contributed by atoms with Crippen LogP contribution in [0.4, 0.5) is 0 Å². The van der Waals surface area contributed by atoms with Gasteiger partial charge in [0.25, 0.3) is 5.56 Å². The third-order valence-corrected chi connectivity index (χ3v) is 11.4. The Morgan fingerprint density at radius 2 is 1.64 bits per heavy atom. The van der Waals surface area contributed by atoms with Crippen molar-refractivity contribution < 1.29 is 14.7 Å². The molecule has 9 nitrogen and oxygen atoms in total. The van der Waals surface area contributed by atoms with Crippen molar-refractivity contribution in [2.75, 3.05) is 26.2 Å². The molecule has 1 N–H and O–H groups in total. The number of aromatic nitrogens is 2. The molecule has 2 saturated carbocycles. The summed E-state index contributed by atoms with van der Waals surface area (Å²) in [5.41, 5.74) is 1.95. The number of hydrogen-bond donors (Lipinski definition) is 1. The van der Waals surface area contributed by atoms with E-state index in [0.29, 0.717) is 37.0 Å². The van der Waals surface area contributed by atoms with Crippen molar-refractivity contribution in [3.05, 3.63) is 40.3 Å². The van der Waals surface area contributed by atoms with Gasteiger partial charge in [0, 0.05) is 37.1 Å². The van der Waals surface area contributed by atoms with Crippen molar-refractivity contribution in [2.24, 2.45) is 22.9 Å². The van der Waals surface area contributed by atoms with Crippen molar-refractivity contribution >= 4 is 22.7 Å². The standard InChI is InChI=1S/C36H53N5O4/c1-4-39(5-2)15-16-45-38-32(13-14-34(42)43)35-36(44)41(33-12-7-6-11-31(33)37-35)30-22-27-9-8-10-28(23-30)40(27)29-20-25-17-24(3)18-26(19-25)21-29/h6-7,11-12,24-30H,4-5,8-10,13-23H2,1-3H3,(H,42,43)/t24?,25-,26+,27-,28+,29?,30?. The van der Waals surface area contributed by atoms with Gasteiger partial charge in [0.1, 0.15) is 12.3 Å². The van der Waals surface area contributed by atoms with E-state index in [1.54, 1.807) is 0 Å². The van der Waals surface area contributed by atoms with Crippen molar-refractivity contribution in [3.8, 4) is 0 Å². The van der Waals surface area contributed by atoms with Crippen molar-refractivity contribution in [3.63, 3.8) is 0 Å². The molecule has 2 aliphatic carbocycles. The number of benzene rings is 1. The highest BCUT2D eigenvalue weighted by Crippen LogP contribution is 2.48. The van der Waals surface area contributed by atoms with E-state index in [9.17, 15) is 14.7 Å². The van der Waals surface area contributed by atoms with Crippen LogP contribution in [0.3, 0.4) is 0 Å². The summed E-state index contributed by atoms with van der Waals surface area (Å²) in [6.07, 6.45) is 12.5. The number of rotatable bonds is 12. The van der Waals surface area contributed by atoms with E-state index in [-0.39, 0.29) is 30.1 Å². The molecule has 2 aliphatic heterocycles. The van der Waals surface area contributed by atoms with Crippen LogP contribution in [0.2, 0.25) is 0 Å². The average molecular weight is 620 g/mol. The Labute approximate surface area is 268 Å². The Balaban J connectivity index is 1.30. The predicted molar refractivity (Wildman–Crippen MR) is 178 cm³/mol. The van der Waals surface area contributed by atoms with Gasteiger partial charge in [0.2, 0.25) is 0 Å². The molecule has 0 radical (unpaired) electrons. The van der Waals surface area contributed by atoms with Crippen molar-refractivity contribution in [2.45, 2.75) is 122 Å². The maximum atomic E-state index is 14.5. The first-order chi connectivity index (χ1) is 21.8. The fraction of sp³-hybridized carbons (Fsp3) is 0.722. The number of fused-ring (bicyclic) bond motifs is 5. The molecular formula is C36H53N5O4. The van der Waals surface area contributed by atoms with Gasteiger partial charge in [-0.15, -0.1) is 0 Å². The largest absolute Gasteiger partial charge is 0.481 e. The van der Waals surface area contributed by atoms with Crippen LogP contribution >= 0.6 is 0 Å². The summed E-state index contributed by atoms with van der Waals surface area (Å²) in [5.74, 6) is 1.69. The molecule has 9 heteroatoms. The summed E-state index contributed by atoms with van der Waals surface area (Å²) >= 11 is 0. The lowest BCUT2D eigenvalue weighted by atomic mass is 9.65. The van der Waals surface area contributed by atoms with E-state index in [2.05, 4.69) is 35.7 Å². The highest BCUT2D eigenvalue weighted by Gasteiger charge is 2.46. The molecule has 7 atom stereocenters. The van der Waals surface area contributed by atoms with Crippen LogP contribution in [-0.4, -0.2) is 80.5 Å². The third-order valence-electron chi connectivity index (χ3n) is 11.4. The van der Waals surface area contributed by atoms with Gasteiger partial charge in [-0.3, -0.25) is 14.5 Å². The molecular weight excluding hydrogens is 566 g/mol. The van der Waals surface area contributed by atoms with E-state index >= 15 is 0 Å². The number of aliphatic carboxylic acids is 1. The third kappa shape index (κ3) is 7.14. The molecule has 2 saturated heterocycles. The Kier molecular flexibility index (Phi) is 10.2. The first-order valence-corrected chi connectivity index (χ1v) is 17.8. The van der Waals surface area contributed by atoms with E-state index < -0.39 is 5.97 Å². The molecule has 4 aliphatic rings. The molecule has 45 heavy (non-hydrogen) atoms. The zero-order valence-electron chi connectivity index (χ0n) is 27.6. The first-order valence-electron chi connectivity index (χ1n) is 17.8. The molecule has 2 aromatic rings. The Bertz CT molecular complexity index is 1390. The van der Waals surface area contributed by atoms with Crippen LogP contribution in [0.1, 0.15) is 110 Å². The van der Waals surface area contributed by atoms with Gasteiger partial charge in [-0.25, -0.2) is 4.98 Å². The van der Waals surface area contributed by atoms with Crippen molar-refractivity contribution in [1.82, 2.24) is 19.4 Å². The van der Waals surface area contributed by atoms with Gasteiger partial charge in [0.15, 0.2) is 5.69 Å². The lowest BCUT2D eigenvalue weighted by molar-refractivity contribution is -0.136. The predicted octanol–water partition coefficient (Wildman–Crippen LogP) is 6.10. The molecule has 246 valence electrons. The number of carboxylic acids is 1. The fourth-order valence-electron chi connectivity index (χ4n) is 9.56. The zero-order chi connectivity index (χ0) is 31.5. The van der Waals surface area contributed by atoms with Gasteiger partial charge >= 0.3 is 5.97 Å². The molecule has 0 spiro atoms. The second-order valence-electron chi connectivity index (χ2n) is 14.4. The molecule has 4 bridgehead atoms. The fourth-order valence-corrected chi connectivity index (χ4v) is 9.56. The Hall–Kier alpha value is -2.78. The Morgan fingerprint density at radius 3 is 2.31 bits per heavy atom. The number of likely N-dealkylation sites (N-methyl/N-ethyl adjacent to an activating group) is 1. The normalized spacial score (nSPS) is 30.5. The van der Waals surface area contributed by atoms with E-state index in [0.717, 1.165) is 54.7 Å². The minimum Gasteiger partial charge on any atom is -0.481 e. The minimum absolute atomic E-state index is 0.0723. The number of nitrogens with zero attached hydrogens (tertiary/aromatic N) is 5. The summed E-state index contributed by atoms with van der Waals surface area (Å²) < 4.78 is 1.99. The summed E-state index contributed by atoms with van der Waals surface area (Å²) in [5, 5.41) is 13.9. The highest BCUT2D eigenvalue weighted by atomic mass is 16.6. The lowest BCUT2D eigenvalue weighted by Gasteiger charge is -2.55. The molecule has 3 heterocycles. The average Bonchev–Trinajstić information content (AvgIpc) is 3.01. The molecule has 0 amide bonds. The van der Waals surface area contributed by atoms with Gasteiger partial charge in [-0.2, -0.15) is 0 Å². The van der Waals surface area contributed by atoms with E-state index in [1.165, 1.54) is 51.4 Å². The molecule has 3 unspecified atom stereocenters. The van der Waals surface area contributed by atoms with Crippen molar-refractivity contribution in [1.29, 1.82) is 0 Å².